The summed E-state index contributed by atoms with van der Waals surface area (Å²) in [6, 6.07) is 0. The van der Waals surface area contributed by atoms with Crippen molar-refractivity contribution < 1.29 is 9.47 Å². The molecule has 5 heteroatoms. The van der Waals surface area contributed by atoms with E-state index in [0.717, 1.165) is 19.0 Å². The summed E-state index contributed by atoms with van der Waals surface area (Å²) in [4.78, 5) is 10.8. The van der Waals surface area contributed by atoms with Crippen molar-refractivity contribution in [2.75, 3.05) is 32.2 Å². The van der Waals surface area contributed by atoms with Gasteiger partial charge in [0.1, 0.15) is 0 Å². The van der Waals surface area contributed by atoms with Gasteiger partial charge in [0.2, 0.25) is 5.95 Å². The first-order valence-electron chi connectivity index (χ1n) is 5.55. The summed E-state index contributed by atoms with van der Waals surface area (Å²) in [5.41, 5.74) is 0. The smallest absolute Gasteiger partial charge is 0.261 e. The summed E-state index contributed by atoms with van der Waals surface area (Å²) in [7, 11) is 3.17. The van der Waals surface area contributed by atoms with Gasteiger partial charge in [0.25, 0.3) is 5.88 Å². The van der Waals surface area contributed by atoms with Gasteiger partial charge in [-0.1, -0.05) is 0 Å². The minimum Gasteiger partial charge on any atom is -0.490 e. The molecule has 0 radical (unpaired) electrons. The average Bonchev–Trinajstić information content (AvgIpc) is 2.39. The Morgan fingerprint density at radius 1 is 1.12 bits per heavy atom. The van der Waals surface area contributed by atoms with Gasteiger partial charge in [-0.05, 0) is 19.3 Å². The first-order chi connectivity index (χ1) is 7.85. The Morgan fingerprint density at radius 2 is 1.88 bits per heavy atom. The van der Waals surface area contributed by atoms with E-state index >= 15 is 0 Å². The van der Waals surface area contributed by atoms with Crippen LogP contribution in [0.4, 0.5) is 5.95 Å². The van der Waals surface area contributed by atoms with Crippen molar-refractivity contribution in [2.45, 2.75) is 19.3 Å². The minimum atomic E-state index is 0.498. The van der Waals surface area contributed by atoms with E-state index in [2.05, 4.69) is 14.9 Å². The highest BCUT2D eigenvalue weighted by Crippen LogP contribution is 2.26. The van der Waals surface area contributed by atoms with Crippen molar-refractivity contribution in [3.63, 3.8) is 0 Å². The largest absolute Gasteiger partial charge is 0.490 e. The lowest BCUT2D eigenvalue weighted by molar-refractivity contribution is 0.340. The summed E-state index contributed by atoms with van der Waals surface area (Å²) in [6.45, 7) is 2.05. The van der Waals surface area contributed by atoms with Gasteiger partial charge in [0.05, 0.1) is 20.4 Å². The molecule has 0 unspecified atom stereocenters. The van der Waals surface area contributed by atoms with Crippen LogP contribution < -0.4 is 14.4 Å². The van der Waals surface area contributed by atoms with Crippen LogP contribution in [-0.4, -0.2) is 37.3 Å². The summed E-state index contributed by atoms with van der Waals surface area (Å²) >= 11 is 0. The molecule has 0 N–H and O–H groups in total. The predicted octanol–water partition coefficient (Wildman–Crippen LogP) is 1.48. The molecule has 1 fully saturated rings. The maximum Gasteiger partial charge on any atom is 0.261 e. The number of ether oxygens (including phenoxy) is 2. The molecule has 88 valence electrons. The second-order valence-corrected chi connectivity index (χ2v) is 3.80. The molecule has 2 heterocycles. The van der Waals surface area contributed by atoms with Crippen molar-refractivity contribution in [1.29, 1.82) is 0 Å². The highest BCUT2D eigenvalue weighted by molar-refractivity contribution is 5.39. The second-order valence-electron chi connectivity index (χ2n) is 3.80. The SMILES string of the molecule is COc1cnc(N2CCCCC2)nc1OC. The highest BCUT2D eigenvalue weighted by Gasteiger charge is 2.16. The number of nitrogens with zero attached hydrogens (tertiary/aromatic N) is 3. The van der Waals surface area contributed by atoms with Crippen LogP contribution in [0.5, 0.6) is 11.6 Å². The van der Waals surface area contributed by atoms with Crippen LogP contribution in [0.2, 0.25) is 0 Å². The van der Waals surface area contributed by atoms with Gasteiger partial charge in [0.15, 0.2) is 5.75 Å². The van der Waals surface area contributed by atoms with E-state index in [1.54, 1.807) is 20.4 Å². The van der Waals surface area contributed by atoms with Gasteiger partial charge in [-0.25, -0.2) is 4.98 Å². The number of methoxy groups -OCH3 is 2. The molecule has 1 aliphatic rings. The molecule has 0 aliphatic carbocycles. The second kappa shape index (κ2) is 5.01. The Balaban J connectivity index is 2.20. The molecule has 2 rings (SSSR count). The summed E-state index contributed by atoms with van der Waals surface area (Å²) < 4.78 is 10.3. The molecule has 1 aromatic rings. The normalized spacial score (nSPS) is 16.0. The van der Waals surface area contributed by atoms with E-state index in [1.807, 2.05) is 0 Å². The van der Waals surface area contributed by atoms with E-state index in [-0.39, 0.29) is 0 Å². The fraction of sp³-hybridized carbons (Fsp3) is 0.636. The molecule has 5 nitrogen and oxygen atoms in total. The Morgan fingerprint density at radius 3 is 2.50 bits per heavy atom. The fourth-order valence-corrected chi connectivity index (χ4v) is 1.88. The number of piperidine rings is 1. The zero-order chi connectivity index (χ0) is 11.4. The van der Waals surface area contributed by atoms with E-state index in [9.17, 15) is 0 Å². The summed E-state index contributed by atoms with van der Waals surface area (Å²) in [6.07, 6.45) is 5.37. The third-order valence-corrected chi connectivity index (χ3v) is 2.76. The van der Waals surface area contributed by atoms with Crippen molar-refractivity contribution in [3.05, 3.63) is 6.20 Å². The average molecular weight is 223 g/mol. The van der Waals surface area contributed by atoms with Gasteiger partial charge in [0, 0.05) is 13.1 Å². The van der Waals surface area contributed by atoms with Crippen molar-refractivity contribution >= 4 is 5.95 Å². The monoisotopic (exact) mass is 223 g/mol. The summed E-state index contributed by atoms with van der Waals surface area (Å²) in [5.74, 6) is 1.80. The molecule has 0 bridgehead atoms. The van der Waals surface area contributed by atoms with Crippen LogP contribution in [0.3, 0.4) is 0 Å². The minimum absolute atomic E-state index is 0.498. The number of aromatic nitrogens is 2. The Bertz CT molecular complexity index is 351. The van der Waals surface area contributed by atoms with Crippen LogP contribution >= 0.6 is 0 Å². The maximum absolute atomic E-state index is 5.16. The Labute approximate surface area is 95.4 Å². The summed E-state index contributed by atoms with van der Waals surface area (Å²) in [5, 5.41) is 0. The molecule has 0 aromatic carbocycles. The molecule has 0 saturated carbocycles. The van der Waals surface area contributed by atoms with E-state index in [1.165, 1.54) is 19.3 Å². The molecule has 1 aromatic heterocycles. The van der Waals surface area contributed by atoms with Crippen LogP contribution in [-0.2, 0) is 0 Å². The van der Waals surface area contributed by atoms with Crippen molar-refractivity contribution in [3.8, 4) is 11.6 Å². The molecular formula is C11H17N3O2. The quantitative estimate of drug-likeness (QED) is 0.776. The first kappa shape index (κ1) is 11.0. The fourth-order valence-electron chi connectivity index (χ4n) is 1.88. The molecule has 0 atom stereocenters. The zero-order valence-corrected chi connectivity index (χ0v) is 9.77. The van der Waals surface area contributed by atoms with Crippen molar-refractivity contribution in [1.82, 2.24) is 9.97 Å². The number of hydrogen-bond donors (Lipinski definition) is 0. The molecule has 0 amide bonds. The molecule has 1 aliphatic heterocycles. The van der Waals surface area contributed by atoms with Gasteiger partial charge >= 0.3 is 0 Å². The molecule has 1 saturated heterocycles. The topological polar surface area (TPSA) is 47.5 Å². The highest BCUT2D eigenvalue weighted by atomic mass is 16.5. The Kier molecular flexibility index (Phi) is 3.44. The first-order valence-corrected chi connectivity index (χ1v) is 5.55. The van der Waals surface area contributed by atoms with Crippen LogP contribution in [0.15, 0.2) is 6.20 Å². The van der Waals surface area contributed by atoms with Gasteiger partial charge in [-0.15, -0.1) is 0 Å². The van der Waals surface area contributed by atoms with Gasteiger partial charge in [-0.3, -0.25) is 0 Å². The lowest BCUT2D eigenvalue weighted by Gasteiger charge is -2.26. The number of rotatable bonds is 3. The maximum atomic E-state index is 5.16. The van der Waals surface area contributed by atoms with Crippen LogP contribution in [0.25, 0.3) is 0 Å². The predicted molar refractivity (Wildman–Crippen MR) is 61.2 cm³/mol. The van der Waals surface area contributed by atoms with Crippen LogP contribution in [0.1, 0.15) is 19.3 Å². The third-order valence-electron chi connectivity index (χ3n) is 2.76. The van der Waals surface area contributed by atoms with E-state index in [4.69, 9.17) is 9.47 Å². The standard InChI is InChI=1S/C11H17N3O2/c1-15-9-8-12-11(13-10(9)16-2)14-6-4-3-5-7-14/h8H,3-7H2,1-2H3. The molecule has 0 spiro atoms. The lowest BCUT2D eigenvalue weighted by Crippen LogP contribution is -2.31. The zero-order valence-electron chi connectivity index (χ0n) is 9.77. The third kappa shape index (κ3) is 2.18. The van der Waals surface area contributed by atoms with E-state index < -0.39 is 0 Å². The van der Waals surface area contributed by atoms with Crippen LogP contribution in [0, 0.1) is 0 Å². The Hall–Kier alpha value is -1.52. The number of anilines is 1. The molecular weight excluding hydrogens is 206 g/mol. The molecule has 16 heavy (non-hydrogen) atoms. The van der Waals surface area contributed by atoms with Gasteiger partial charge in [-0.2, -0.15) is 4.98 Å². The van der Waals surface area contributed by atoms with E-state index in [0.29, 0.717) is 11.6 Å². The number of hydrogen-bond acceptors (Lipinski definition) is 5. The van der Waals surface area contributed by atoms with Gasteiger partial charge < -0.3 is 14.4 Å². The van der Waals surface area contributed by atoms with Crippen molar-refractivity contribution in [2.24, 2.45) is 0 Å². The lowest BCUT2D eigenvalue weighted by atomic mass is 10.1.